The molecule has 0 aliphatic carbocycles. The van der Waals surface area contributed by atoms with Crippen molar-refractivity contribution in [2.45, 2.75) is 3.92 Å². The number of hydrogen-bond acceptors (Lipinski definition) is 7. The van der Waals surface area contributed by atoms with E-state index in [9.17, 15) is 14.0 Å². The second-order valence-corrected chi connectivity index (χ2v) is 11.0. The number of methoxy groups -OCH3 is 1. The number of H-pyrrole nitrogens is 1. The maximum atomic E-state index is 14.3. The van der Waals surface area contributed by atoms with E-state index < -0.39 is 49.1 Å². The number of anilines is 2. The van der Waals surface area contributed by atoms with Crippen molar-refractivity contribution in [2.75, 3.05) is 19.0 Å². The first-order chi connectivity index (χ1) is 15.6. The molecule has 3 N–H and O–H groups in total. The number of hydrogen-bond donors (Lipinski definition) is 3. The van der Waals surface area contributed by atoms with E-state index in [0.29, 0.717) is 46.2 Å². The molecule has 1 unspecified atom stereocenters. The van der Waals surface area contributed by atoms with E-state index in [2.05, 4.69) is 20.6 Å². The van der Waals surface area contributed by atoms with Gasteiger partial charge in [0.2, 0.25) is 0 Å². The number of fused-ring (bicyclic) bond motifs is 3. The minimum atomic E-state index is -1.32. The Morgan fingerprint density at radius 3 is 3.00 bits per heavy atom. The Hall–Kier alpha value is -2.62. The fraction of sp³-hybridized carbons (Fsp3) is 0.150. The van der Waals surface area contributed by atoms with Crippen LogP contribution in [-0.4, -0.2) is 33.5 Å². The number of ether oxygens (including phenoxy) is 1. The van der Waals surface area contributed by atoms with Crippen molar-refractivity contribution in [1.29, 1.82) is 0 Å². The summed E-state index contributed by atoms with van der Waals surface area (Å²) in [7, 11) is 1.38. The number of alkyl halides is 1. The fourth-order valence-corrected chi connectivity index (χ4v) is 7.38. The fourth-order valence-electron chi connectivity index (χ4n) is 3.58. The van der Waals surface area contributed by atoms with Gasteiger partial charge in [-0.15, -0.1) is 0 Å². The minimum absolute atomic E-state index is 0.0235. The van der Waals surface area contributed by atoms with Gasteiger partial charge in [0.15, 0.2) is 0 Å². The van der Waals surface area contributed by atoms with E-state index in [1.54, 1.807) is 24.4 Å². The predicted molar refractivity (Wildman–Crippen MR) is 102 cm³/mol. The van der Waals surface area contributed by atoms with Crippen LogP contribution in [0.1, 0.15) is 20.0 Å². The Morgan fingerprint density at radius 1 is 1.28 bits per heavy atom. The average Bonchev–Trinajstić information content (AvgIpc) is 3.15. The number of amides is 1. The van der Waals surface area contributed by atoms with Crippen LogP contribution in [0.5, 0.6) is 11.5 Å². The number of rotatable bonds is 3. The van der Waals surface area contributed by atoms with Crippen LogP contribution in [0.4, 0.5) is 20.6 Å². The zero-order valence-corrected chi connectivity index (χ0v) is 20.7. The van der Waals surface area contributed by atoms with Crippen molar-refractivity contribution in [3.8, 4) is 22.8 Å². The first-order valence-electron chi connectivity index (χ1n) is 9.31. The Morgan fingerprint density at radius 2 is 2.16 bits per heavy atom. The second kappa shape index (κ2) is 8.73. The summed E-state index contributed by atoms with van der Waals surface area (Å²) in [4.78, 5) is 32.8. The molecule has 32 heavy (non-hydrogen) atoms. The van der Waals surface area contributed by atoms with Crippen LogP contribution >= 0.6 is 0 Å². The summed E-state index contributed by atoms with van der Waals surface area (Å²) < 4.78 is 30.2. The van der Waals surface area contributed by atoms with Crippen molar-refractivity contribution >= 4 is 21.3 Å². The van der Waals surface area contributed by atoms with Crippen LogP contribution in [0.2, 0.25) is 0 Å². The van der Waals surface area contributed by atoms with E-state index in [0.717, 1.165) is 0 Å². The van der Waals surface area contributed by atoms with E-state index in [4.69, 9.17) is 10.9 Å². The molecular formula is C20H15FI2N4O5-2. The van der Waals surface area contributed by atoms with Gasteiger partial charge < -0.3 is 0 Å². The molecule has 2 aromatic heterocycles. The summed E-state index contributed by atoms with van der Waals surface area (Å²) >= 11 is -2.41. The van der Waals surface area contributed by atoms with Gasteiger partial charge in [0.05, 0.1) is 0 Å². The van der Waals surface area contributed by atoms with Gasteiger partial charge in [0.1, 0.15) is 0 Å². The number of para-hydroxylation sites is 1. The van der Waals surface area contributed by atoms with Gasteiger partial charge in [0, 0.05) is 0 Å². The topological polar surface area (TPSA) is 115 Å². The summed E-state index contributed by atoms with van der Waals surface area (Å²) in [5.41, 5.74) is 3.02. The van der Waals surface area contributed by atoms with Gasteiger partial charge in [-0.05, 0) is 0 Å². The summed E-state index contributed by atoms with van der Waals surface area (Å²) in [5, 5.41) is 6.05. The summed E-state index contributed by atoms with van der Waals surface area (Å²) in [6.45, 7) is 0.333. The van der Waals surface area contributed by atoms with Gasteiger partial charge in [-0.1, -0.05) is 0 Å². The zero-order chi connectivity index (χ0) is 22.2. The monoisotopic (exact) mass is 664 g/mol. The van der Waals surface area contributed by atoms with E-state index >= 15 is 0 Å². The van der Waals surface area contributed by atoms with Crippen LogP contribution in [0.25, 0.3) is 11.3 Å². The van der Waals surface area contributed by atoms with Crippen molar-refractivity contribution in [1.82, 2.24) is 15.3 Å². The summed E-state index contributed by atoms with van der Waals surface area (Å²) in [6, 6.07) is 6.24. The Bertz CT molecular complexity index is 1230. The van der Waals surface area contributed by atoms with Gasteiger partial charge in [0.25, 0.3) is 0 Å². The van der Waals surface area contributed by atoms with Crippen molar-refractivity contribution < 1.29 is 68.1 Å². The molecule has 1 amide bonds. The molecule has 5 rings (SSSR count). The number of benzene rings is 1. The van der Waals surface area contributed by atoms with E-state index in [1.165, 1.54) is 19.4 Å². The van der Waals surface area contributed by atoms with Gasteiger partial charge in [-0.3, -0.25) is 0 Å². The molecule has 2 aliphatic rings. The van der Waals surface area contributed by atoms with Crippen molar-refractivity contribution in [3.63, 3.8) is 0 Å². The number of aromatic nitrogens is 2. The Labute approximate surface area is 203 Å². The van der Waals surface area contributed by atoms with Gasteiger partial charge >= 0.3 is 204 Å². The summed E-state index contributed by atoms with van der Waals surface area (Å²) in [5.74, 6) is -0.394. The molecule has 4 heterocycles. The number of aromatic amines is 1. The van der Waals surface area contributed by atoms with Crippen LogP contribution in [0, 0.1) is 5.82 Å². The van der Waals surface area contributed by atoms with Crippen LogP contribution in [0.3, 0.4) is 0 Å². The molecule has 2 aliphatic heterocycles. The number of nitrogens with one attached hydrogen (secondary N) is 3. The van der Waals surface area contributed by atoms with Crippen molar-refractivity contribution in [3.05, 3.63) is 53.7 Å². The van der Waals surface area contributed by atoms with Crippen LogP contribution in [0.15, 0.2) is 36.7 Å². The van der Waals surface area contributed by atoms with Gasteiger partial charge in [-0.25, -0.2) is 0 Å². The third-order valence-electron chi connectivity index (χ3n) is 4.92. The zero-order valence-electron chi connectivity index (χ0n) is 16.4. The molecular weight excluding hydrogens is 649 g/mol. The molecule has 0 radical (unpaired) electrons. The first kappa shape index (κ1) is 21.2. The molecule has 12 heteroatoms. The quantitative estimate of drug-likeness (QED) is 0.159. The molecule has 3 aromatic rings. The van der Waals surface area contributed by atoms with E-state index in [1.807, 2.05) is 0 Å². The molecule has 0 saturated heterocycles. The standard InChI is InChI=1S/C20H15FI2N4O5/c1-30-18-10(21)3-2-4-12(18)26-17-14-16-11(7-25-19(14)28)22-20(29)32-23-31-13-8-24-6-5-9(13)15(17)27-16/h2-6,8,11,26-27H,7H2,1H3,(H,25,28)/q-2. The number of carbonyl (C=O) groups excluding carboxylic acids is 2. The van der Waals surface area contributed by atoms with E-state index in [-0.39, 0.29) is 19.6 Å². The average molecular weight is 664 g/mol. The molecule has 168 valence electrons. The molecule has 0 saturated carbocycles. The van der Waals surface area contributed by atoms with Gasteiger partial charge in [-0.2, -0.15) is 0 Å². The Kier molecular flexibility index (Phi) is 5.79. The first-order valence-corrected chi connectivity index (χ1v) is 13.4. The third-order valence-corrected chi connectivity index (χ3v) is 9.54. The number of pyridine rings is 1. The molecule has 9 nitrogen and oxygen atoms in total. The SMILES string of the molecule is COc1c(F)cccc1Nc1c2[nH]c3c1C(=O)NCC3[I-]C(=O)O[I-]Oc1cnccc1-2. The number of carbonyl (C=O) groups is 2. The molecule has 0 spiro atoms. The van der Waals surface area contributed by atoms with Crippen molar-refractivity contribution in [2.24, 2.45) is 0 Å². The third kappa shape index (κ3) is 3.74. The van der Waals surface area contributed by atoms with Crippen LogP contribution < -0.4 is 61.7 Å². The molecule has 1 atom stereocenters. The number of nitrogens with zero attached hydrogens (tertiary/aromatic N) is 1. The second-order valence-electron chi connectivity index (χ2n) is 6.72. The molecule has 2 bridgehead atoms. The summed E-state index contributed by atoms with van der Waals surface area (Å²) in [6.07, 6.45) is 3.13. The van der Waals surface area contributed by atoms with Crippen LogP contribution in [-0.2, 0) is 3.07 Å². The normalized spacial score (nSPS) is 17.8. The maximum absolute atomic E-state index is 14.3. The predicted octanol–water partition coefficient (Wildman–Crippen LogP) is -2.71. The number of halogens is 3. The molecule has 1 aromatic carbocycles. The Balaban J connectivity index is 1.75. The molecule has 0 fully saturated rings.